The van der Waals surface area contributed by atoms with Crippen molar-refractivity contribution in [3.63, 3.8) is 0 Å². The van der Waals surface area contributed by atoms with E-state index in [2.05, 4.69) is 15.6 Å². The van der Waals surface area contributed by atoms with Gasteiger partial charge in [-0.05, 0) is 38.8 Å². The smallest absolute Gasteiger partial charge is 0.0628 e. The van der Waals surface area contributed by atoms with E-state index in [0.717, 1.165) is 0 Å². The van der Waals surface area contributed by atoms with Crippen LogP contribution >= 0.6 is 0 Å². The quantitative estimate of drug-likeness (QED) is 0.754. The van der Waals surface area contributed by atoms with Crippen LogP contribution in [-0.2, 0) is 9.71 Å². The highest BCUT2D eigenvalue weighted by molar-refractivity contribution is 7.98. The molecule has 3 nitrogen and oxygen atoms in total. The van der Waals surface area contributed by atoms with Gasteiger partial charge in [0.1, 0.15) is 0 Å². The molecule has 1 unspecified atom stereocenters. The third-order valence-electron chi connectivity index (χ3n) is 1.49. The van der Waals surface area contributed by atoms with Crippen molar-refractivity contribution in [2.45, 2.75) is 31.2 Å². The Kier molecular flexibility index (Phi) is 2.97. The number of hydrogen-bond donors (Lipinski definition) is 1. The summed E-state index contributed by atoms with van der Waals surface area (Å²) in [6.07, 6.45) is 3.23. The van der Waals surface area contributed by atoms with Gasteiger partial charge in [0, 0.05) is 17.9 Å². The molecule has 0 spiro atoms. The fourth-order valence-electron chi connectivity index (χ4n) is 1.10. The summed E-state index contributed by atoms with van der Waals surface area (Å²) >= 11 is 0. The van der Waals surface area contributed by atoms with Crippen LogP contribution in [0.5, 0.6) is 0 Å². The van der Waals surface area contributed by atoms with Gasteiger partial charge in [0.2, 0.25) is 0 Å². The Bertz CT molecular complexity index is 390. The summed E-state index contributed by atoms with van der Waals surface area (Å²) in [6, 6.07) is 3.52. The number of aromatic nitrogens is 1. The van der Waals surface area contributed by atoms with Crippen LogP contribution in [0, 0.1) is 0 Å². The molecule has 0 bridgehead atoms. The van der Waals surface area contributed by atoms with Crippen LogP contribution in [-0.4, -0.2) is 20.6 Å². The first-order valence-corrected chi connectivity index (χ1v) is 6.10. The molecule has 1 heterocycles. The fraction of sp³-hybridized carbons (Fsp3) is 0.400. The number of pyridine rings is 1. The zero-order valence-electron chi connectivity index (χ0n) is 8.78. The van der Waals surface area contributed by atoms with E-state index in [0.29, 0.717) is 4.90 Å². The molecule has 0 saturated carbocycles. The second-order valence-corrected chi connectivity index (χ2v) is 6.24. The third-order valence-corrected chi connectivity index (χ3v) is 3.43. The summed E-state index contributed by atoms with van der Waals surface area (Å²) in [7, 11) is -2.43. The van der Waals surface area contributed by atoms with Crippen LogP contribution in [0.25, 0.3) is 0 Å². The fourth-order valence-corrected chi connectivity index (χ4v) is 2.73. The number of nitrogens with zero attached hydrogens (tertiary/aromatic N) is 1. The second-order valence-electron chi connectivity index (χ2n) is 4.22. The Labute approximate surface area is 85.7 Å². The molecule has 1 aromatic rings. The lowest BCUT2D eigenvalue weighted by Gasteiger charge is -2.23. The summed E-state index contributed by atoms with van der Waals surface area (Å²) < 4.78 is 15.1. The van der Waals surface area contributed by atoms with Crippen LogP contribution in [0.4, 0.5) is 0 Å². The van der Waals surface area contributed by atoms with E-state index in [4.69, 9.17) is 0 Å². The molecule has 0 aromatic carbocycles. The maximum Gasteiger partial charge on any atom is 0.0628 e. The number of hydrogen-bond acceptors (Lipinski definition) is 2. The summed E-state index contributed by atoms with van der Waals surface area (Å²) in [5, 5.41) is 0. The molecule has 1 N–H and O–H groups in total. The second kappa shape index (κ2) is 3.71. The van der Waals surface area contributed by atoms with Crippen molar-refractivity contribution in [3.05, 3.63) is 24.5 Å². The molecule has 14 heavy (non-hydrogen) atoms. The van der Waals surface area contributed by atoms with Crippen molar-refractivity contribution in [2.24, 2.45) is 0 Å². The Hall–Kier alpha value is -0.870. The van der Waals surface area contributed by atoms with E-state index >= 15 is 0 Å². The lowest BCUT2D eigenvalue weighted by atomic mass is 10.1. The average molecular weight is 212 g/mol. The highest BCUT2D eigenvalue weighted by Gasteiger charge is 2.16. The predicted molar refractivity (Wildman–Crippen MR) is 60.7 cm³/mol. The van der Waals surface area contributed by atoms with Crippen molar-refractivity contribution in [1.82, 2.24) is 9.71 Å². The molecule has 0 radical (unpaired) electrons. The van der Waals surface area contributed by atoms with E-state index < -0.39 is 9.71 Å². The maximum atomic E-state index is 12.1. The largest absolute Gasteiger partial charge is 0.263 e. The first-order valence-electron chi connectivity index (χ1n) is 4.37. The summed E-state index contributed by atoms with van der Waals surface area (Å²) in [5.41, 5.74) is -0.228. The Morgan fingerprint density at radius 2 is 2.14 bits per heavy atom. The average Bonchev–Trinajstić information content (AvgIpc) is 2.01. The molecule has 0 amide bonds. The predicted octanol–water partition coefficient (Wildman–Crippen LogP) is 1.46. The van der Waals surface area contributed by atoms with Crippen LogP contribution in [0.15, 0.2) is 29.4 Å². The monoisotopic (exact) mass is 212 g/mol. The Morgan fingerprint density at radius 3 is 2.57 bits per heavy atom. The van der Waals surface area contributed by atoms with E-state index in [-0.39, 0.29) is 5.54 Å². The van der Waals surface area contributed by atoms with Crippen LogP contribution in [0.3, 0.4) is 0 Å². The lowest BCUT2D eigenvalue weighted by Crippen LogP contribution is -2.40. The van der Waals surface area contributed by atoms with Crippen molar-refractivity contribution in [3.8, 4) is 0 Å². The van der Waals surface area contributed by atoms with Gasteiger partial charge in [-0.2, -0.15) is 0 Å². The van der Waals surface area contributed by atoms with Gasteiger partial charge in [-0.3, -0.25) is 4.98 Å². The number of nitrogens with one attached hydrogen (secondary N) is 1. The molecular weight excluding hydrogens is 196 g/mol. The minimum Gasteiger partial charge on any atom is -0.263 e. The number of rotatable bonds is 2. The van der Waals surface area contributed by atoms with Gasteiger partial charge >= 0.3 is 0 Å². The van der Waals surface area contributed by atoms with Gasteiger partial charge in [0.15, 0.2) is 0 Å². The SMILES string of the molecule is C=S(=O)(NC(C)(C)C)c1cccnc1. The molecule has 78 valence electrons. The molecule has 1 rings (SSSR count). The zero-order chi connectivity index (χ0) is 10.8. The molecule has 0 aliphatic heterocycles. The molecule has 1 aromatic heterocycles. The van der Waals surface area contributed by atoms with Crippen molar-refractivity contribution in [2.75, 3.05) is 0 Å². The van der Waals surface area contributed by atoms with Gasteiger partial charge in [-0.1, -0.05) is 0 Å². The highest BCUT2D eigenvalue weighted by Crippen LogP contribution is 2.10. The topological polar surface area (TPSA) is 42.0 Å². The molecular formula is C10H16N2OS. The van der Waals surface area contributed by atoms with E-state index in [1.807, 2.05) is 20.8 Å². The van der Waals surface area contributed by atoms with E-state index in [1.54, 1.807) is 24.5 Å². The Morgan fingerprint density at radius 1 is 1.50 bits per heavy atom. The highest BCUT2D eigenvalue weighted by atomic mass is 32.2. The van der Waals surface area contributed by atoms with Gasteiger partial charge in [-0.25, -0.2) is 8.93 Å². The Balaban J connectivity index is 2.99. The summed E-state index contributed by atoms with van der Waals surface area (Å²) in [6.45, 7) is 5.86. The van der Waals surface area contributed by atoms with E-state index in [1.165, 1.54) is 0 Å². The van der Waals surface area contributed by atoms with Gasteiger partial charge in [0.25, 0.3) is 0 Å². The molecule has 4 heteroatoms. The summed E-state index contributed by atoms with van der Waals surface area (Å²) in [4.78, 5) is 4.56. The minimum atomic E-state index is -2.43. The zero-order valence-corrected chi connectivity index (χ0v) is 9.60. The maximum absolute atomic E-state index is 12.1. The van der Waals surface area contributed by atoms with Crippen LogP contribution in [0.1, 0.15) is 20.8 Å². The third kappa shape index (κ3) is 3.12. The normalized spacial score (nSPS) is 16.2. The molecule has 0 aliphatic carbocycles. The lowest BCUT2D eigenvalue weighted by molar-refractivity contribution is 0.518. The van der Waals surface area contributed by atoms with Crippen molar-refractivity contribution in [1.29, 1.82) is 0 Å². The first kappa shape index (κ1) is 11.2. The van der Waals surface area contributed by atoms with Crippen LogP contribution in [0.2, 0.25) is 0 Å². The van der Waals surface area contributed by atoms with Gasteiger partial charge in [0.05, 0.1) is 14.6 Å². The van der Waals surface area contributed by atoms with Crippen LogP contribution < -0.4 is 4.72 Å². The van der Waals surface area contributed by atoms with E-state index in [9.17, 15) is 4.21 Å². The molecule has 0 saturated heterocycles. The van der Waals surface area contributed by atoms with Crippen molar-refractivity contribution >= 4 is 15.6 Å². The van der Waals surface area contributed by atoms with Crippen molar-refractivity contribution < 1.29 is 4.21 Å². The van der Waals surface area contributed by atoms with Gasteiger partial charge < -0.3 is 0 Å². The summed E-state index contributed by atoms with van der Waals surface area (Å²) in [5.74, 6) is 3.70. The first-order chi connectivity index (χ1) is 6.31. The molecule has 0 aliphatic rings. The molecule has 1 atom stereocenters. The van der Waals surface area contributed by atoms with Gasteiger partial charge in [-0.15, -0.1) is 0 Å². The molecule has 0 fully saturated rings. The minimum absolute atomic E-state index is 0.228. The standard InChI is InChI=1S/C10H16N2OS/c1-10(2,3)12-14(4,13)9-6-5-7-11-8-9/h5-8H,4H2,1-3H3,(H,12,13).